The Morgan fingerprint density at radius 1 is 1.30 bits per heavy atom. The van der Waals surface area contributed by atoms with Crippen molar-refractivity contribution < 1.29 is 4.79 Å². The first-order valence-corrected chi connectivity index (χ1v) is 6.81. The molecule has 0 saturated heterocycles. The minimum Gasteiger partial charge on any atom is -0.376 e. The summed E-state index contributed by atoms with van der Waals surface area (Å²) in [6.45, 7) is 9.77. The molecular formula is C16H23N3O. The molecule has 0 aliphatic rings. The molecule has 0 aliphatic carbocycles. The molecule has 0 aromatic heterocycles. The molecule has 0 fully saturated rings. The van der Waals surface area contributed by atoms with Crippen LogP contribution in [0, 0.1) is 31.1 Å². The fourth-order valence-corrected chi connectivity index (χ4v) is 1.89. The predicted octanol–water partition coefficient (Wildman–Crippen LogP) is 2.77. The first-order chi connectivity index (χ1) is 9.26. The lowest BCUT2D eigenvalue weighted by Gasteiger charge is -2.27. The van der Waals surface area contributed by atoms with Gasteiger partial charge in [-0.15, -0.1) is 0 Å². The van der Waals surface area contributed by atoms with E-state index in [-0.39, 0.29) is 18.4 Å². The smallest absolute Gasteiger partial charge is 0.240 e. The van der Waals surface area contributed by atoms with Crippen LogP contribution in [0.1, 0.15) is 31.9 Å². The van der Waals surface area contributed by atoms with Crippen LogP contribution in [0.15, 0.2) is 18.2 Å². The van der Waals surface area contributed by atoms with Crippen molar-refractivity contribution in [2.24, 2.45) is 5.92 Å². The molecule has 20 heavy (non-hydrogen) atoms. The highest BCUT2D eigenvalue weighted by molar-refractivity contribution is 5.81. The van der Waals surface area contributed by atoms with E-state index in [0.717, 1.165) is 16.8 Å². The summed E-state index contributed by atoms with van der Waals surface area (Å²) in [5, 5.41) is 15.0. The molecule has 2 N–H and O–H groups in total. The maximum atomic E-state index is 11.9. The van der Waals surface area contributed by atoms with Gasteiger partial charge in [0, 0.05) is 5.69 Å². The molecule has 0 radical (unpaired) electrons. The molecule has 1 unspecified atom stereocenters. The summed E-state index contributed by atoms with van der Waals surface area (Å²) in [4.78, 5) is 11.9. The first kappa shape index (κ1) is 16.0. The average molecular weight is 273 g/mol. The Morgan fingerprint density at radius 2 is 1.85 bits per heavy atom. The van der Waals surface area contributed by atoms with Gasteiger partial charge in [-0.3, -0.25) is 4.79 Å². The lowest BCUT2D eigenvalue weighted by atomic mass is 9.90. The number of nitrogens with one attached hydrogen (secondary N) is 2. The van der Waals surface area contributed by atoms with E-state index in [4.69, 9.17) is 0 Å². The second-order valence-electron chi connectivity index (χ2n) is 5.75. The number of carbonyl (C=O) groups is 1. The number of nitriles is 1. The normalized spacial score (nSPS) is 13.4. The van der Waals surface area contributed by atoms with Crippen LogP contribution in [0.4, 0.5) is 5.69 Å². The van der Waals surface area contributed by atoms with E-state index in [9.17, 15) is 10.1 Å². The third-order valence-electron chi connectivity index (χ3n) is 3.46. The molecule has 0 spiro atoms. The topological polar surface area (TPSA) is 64.9 Å². The van der Waals surface area contributed by atoms with E-state index in [1.54, 1.807) is 6.92 Å². The van der Waals surface area contributed by atoms with Crippen LogP contribution in [-0.4, -0.2) is 18.0 Å². The van der Waals surface area contributed by atoms with Gasteiger partial charge in [-0.2, -0.15) is 5.26 Å². The number of hydrogen-bond donors (Lipinski definition) is 2. The van der Waals surface area contributed by atoms with Crippen LogP contribution in [-0.2, 0) is 4.79 Å². The molecular weight excluding hydrogens is 250 g/mol. The molecule has 4 heteroatoms. The fraction of sp³-hybridized carbons (Fsp3) is 0.500. The monoisotopic (exact) mass is 273 g/mol. The van der Waals surface area contributed by atoms with E-state index in [1.165, 1.54) is 0 Å². The second-order valence-corrected chi connectivity index (χ2v) is 5.75. The van der Waals surface area contributed by atoms with Crippen LogP contribution >= 0.6 is 0 Å². The van der Waals surface area contributed by atoms with Gasteiger partial charge in [-0.05, 0) is 49.9 Å². The van der Waals surface area contributed by atoms with Crippen molar-refractivity contribution in [3.8, 4) is 6.07 Å². The number of carbonyl (C=O) groups excluding carboxylic acids is 1. The molecule has 0 bridgehead atoms. The van der Waals surface area contributed by atoms with Crippen LogP contribution < -0.4 is 10.6 Å². The zero-order chi connectivity index (χ0) is 15.3. The lowest BCUT2D eigenvalue weighted by Crippen LogP contribution is -2.50. The molecule has 0 aliphatic heterocycles. The third kappa shape index (κ3) is 4.27. The van der Waals surface area contributed by atoms with Crippen LogP contribution in [0.25, 0.3) is 0 Å². The van der Waals surface area contributed by atoms with Crippen molar-refractivity contribution in [1.82, 2.24) is 5.32 Å². The minimum atomic E-state index is -0.832. The standard InChI is InChI=1S/C16H23N3O/c1-11(2)16(5,10-17)19-15(20)9-18-14-7-12(3)6-13(4)8-14/h6-8,11,18H,9H2,1-5H3,(H,19,20). The predicted molar refractivity (Wildman–Crippen MR) is 81.4 cm³/mol. The molecule has 1 rings (SSSR count). The first-order valence-electron chi connectivity index (χ1n) is 6.81. The Morgan fingerprint density at radius 3 is 2.30 bits per heavy atom. The Kier molecular flexibility index (Phi) is 5.15. The van der Waals surface area contributed by atoms with Gasteiger partial charge < -0.3 is 10.6 Å². The van der Waals surface area contributed by atoms with Gasteiger partial charge in [0.25, 0.3) is 0 Å². The fourth-order valence-electron chi connectivity index (χ4n) is 1.89. The summed E-state index contributed by atoms with van der Waals surface area (Å²) in [6.07, 6.45) is 0. The molecule has 0 saturated carbocycles. The SMILES string of the molecule is Cc1cc(C)cc(NCC(=O)NC(C)(C#N)C(C)C)c1. The molecule has 1 amide bonds. The zero-order valence-electron chi connectivity index (χ0n) is 12.9. The number of benzene rings is 1. The summed E-state index contributed by atoms with van der Waals surface area (Å²) in [5.41, 5.74) is 2.39. The number of amides is 1. The van der Waals surface area contributed by atoms with E-state index >= 15 is 0 Å². The van der Waals surface area contributed by atoms with E-state index in [1.807, 2.05) is 39.8 Å². The van der Waals surface area contributed by atoms with Crippen molar-refractivity contribution in [3.63, 3.8) is 0 Å². The zero-order valence-corrected chi connectivity index (χ0v) is 12.9. The van der Waals surface area contributed by atoms with Gasteiger partial charge in [0.1, 0.15) is 5.54 Å². The average Bonchev–Trinajstić information content (AvgIpc) is 2.35. The number of hydrogen-bond acceptors (Lipinski definition) is 3. The third-order valence-corrected chi connectivity index (χ3v) is 3.46. The van der Waals surface area contributed by atoms with E-state index < -0.39 is 5.54 Å². The van der Waals surface area contributed by atoms with Crippen LogP contribution in [0.2, 0.25) is 0 Å². The van der Waals surface area contributed by atoms with Gasteiger partial charge in [-0.1, -0.05) is 19.9 Å². The van der Waals surface area contributed by atoms with E-state index in [0.29, 0.717) is 0 Å². The molecule has 1 atom stereocenters. The van der Waals surface area contributed by atoms with Crippen LogP contribution in [0.5, 0.6) is 0 Å². The maximum absolute atomic E-state index is 11.9. The Bertz CT molecular complexity index is 511. The Balaban J connectivity index is 2.62. The van der Waals surface area contributed by atoms with Crippen molar-refractivity contribution in [1.29, 1.82) is 5.26 Å². The van der Waals surface area contributed by atoms with Crippen molar-refractivity contribution >= 4 is 11.6 Å². The van der Waals surface area contributed by atoms with Gasteiger partial charge in [0.05, 0.1) is 12.6 Å². The maximum Gasteiger partial charge on any atom is 0.240 e. The largest absolute Gasteiger partial charge is 0.376 e. The van der Waals surface area contributed by atoms with Gasteiger partial charge >= 0.3 is 0 Å². The molecule has 108 valence electrons. The minimum absolute atomic E-state index is 0.0534. The highest BCUT2D eigenvalue weighted by atomic mass is 16.2. The molecule has 4 nitrogen and oxygen atoms in total. The van der Waals surface area contributed by atoms with Crippen LogP contribution in [0.3, 0.4) is 0 Å². The molecule has 1 aromatic carbocycles. The summed E-state index contributed by atoms with van der Waals surface area (Å²) in [6, 6.07) is 8.23. The van der Waals surface area contributed by atoms with Gasteiger partial charge in [0.2, 0.25) is 5.91 Å². The van der Waals surface area contributed by atoms with Crippen molar-refractivity contribution in [3.05, 3.63) is 29.3 Å². The van der Waals surface area contributed by atoms with Crippen molar-refractivity contribution in [2.75, 3.05) is 11.9 Å². The van der Waals surface area contributed by atoms with Gasteiger partial charge in [-0.25, -0.2) is 0 Å². The number of anilines is 1. The summed E-state index contributed by atoms with van der Waals surface area (Å²) < 4.78 is 0. The Labute approximate surface area is 121 Å². The highest BCUT2D eigenvalue weighted by Crippen LogP contribution is 2.16. The number of rotatable bonds is 5. The number of nitrogens with zero attached hydrogens (tertiary/aromatic N) is 1. The number of aryl methyl sites for hydroxylation is 2. The molecule has 0 heterocycles. The van der Waals surface area contributed by atoms with Crippen molar-refractivity contribution in [2.45, 2.75) is 40.2 Å². The van der Waals surface area contributed by atoms with E-state index in [2.05, 4.69) is 22.8 Å². The molecule has 1 aromatic rings. The summed E-state index contributed by atoms with van der Waals surface area (Å²) in [5.74, 6) is -0.125. The quantitative estimate of drug-likeness (QED) is 0.867. The van der Waals surface area contributed by atoms with Gasteiger partial charge in [0.15, 0.2) is 0 Å². The highest BCUT2D eigenvalue weighted by Gasteiger charge is 2.29. The second kappa shape index (κ2) is 6.42. The summed E-state index contributed by atoms with van der Waals surface area (Å²) >= 11 is 0. The lowest BCUT2D eigenvalue weighted by molar-refractivity contribution is -0.121. The Hall–Kier alpha value is -2.02. The summed E-state index contributed by atoms with van der Waals surface area (Å²) in [7, 11) is 0.